The van der Waals surface area contributed by atoms with Crippen LogP contribution in [0.3, 0.4) is 0 Å². The summed E-state index contributed by atoms with van der Waals surface area (Å²) in [4.78, 5) is 4.38. The molecule has 0 amide bonds. The Balaban J connectivity index is 1.82. The number of aryl methyl sites for hydroxylation is 1. The van der Waals surface area contributed by atoms with Crippen LogP contribution in [0, 0.1) is 28.6 Å². The molecule has 0 saturated heterocycles. The van der Waals surface area contributed by atoms with E-state index in [0.29, 0.717) is 5.92 Å². The van der Waals surface area contributed by atoms with Crippen LogP contribution in [0.5, 0.6) is 0 Å². The third kappa shape index (κ3) is 1.73. The van der Waals surface area contributed by atoms with E-state index >= 15 is 0 Å². The van der Waals surface area contributed by atoms with Crippen LogP contribution < -0.4 is 0 Å². The molecule has 1 aromatic rings. The summed E-state index contributed by atoms with van der Waals surface area (Å²) in [6.45, 7) is 3.05. The molecule has 4 nitrogen and oxygen atoms in total. The van der Waals surface area contributed by atoms with Crippen molar-refractivity contribution in [2.45, 2.75) is 52.0 Å². The van der Waals surface area contributed by atoms with Gasteiger partial charge in [-0.25, -0.2) is 4.98 Å². The highest BCUT2D eigenvalue weighted by Gasteiger charge is 2.51. The Morgan fingerprint density at radius 1 is 1.56 bits per heavy atom. The van der Waals surface area contributed by atoms with Crippen molar-refractivity contribution in [3.8, 4) is 6.07 Å². The van der Waals surface area contributed by atoms with Crippen LogP contribution in [-0.2, 0) is 13.0 Å². The smallest absolute Gasteiger partial charge is 0.138 e. The molecule has 1 heterocycles. The van der Waals surface area contributed by atoms with Crippen molar-refractivity contribution in [3.05, 3.63) is 12.2 Å². The number of nitriles is 1. The lowest BCUT2D eigenvalue weighted by atomic mass is 9.72. The third-order valence-corrected chi connectivity index (χ3v) is 4.80. The van der Waals surface area contributed by atoms with Crippen molar-refractivity contribution in [3.63, 3.8) is 0 Å². The summed E-state index contributed by atoms with van der Waals surface area (Å²) >= 11 is 0. The lowest BCUT2D eigenvalue weighted by Crippen LogP contribution is -2.30. The molecule has 4 heteroatoms. The molecular formula is C14H20N4. The molecule has 1 aromatic heterocycles. The van der Waals surface area contributed by atoms with Gasteiger partial charge in [-0.05, 0) is 37.5 Å². The summed E-state index contributed by atoms with van der Waals surface area (Å²) in [5, 5.41) is 13.9. The van der Waals surface area contributed by atoms with Crippen LogP contribution in [0.4, 0.5) is 0 Å². The van der Waals surface area contributed by atoms with Crippen LogP contribution in [0.15, 0.2) is 6.33 Å². The van der Waals surface area contributed by atoms with E-state index in [4.69, 9.17) is 0 Å². The second-order valence-electron chi connectivity index (χ2n) is 5.92. The van der Waals surface area contributed by atoms with Crippen molar-refractivity contribution in [2.75, 3.05) is 0 Å². The average Bonchev–Trinajstić information content (AvgIpc) is 3.07. The van der Waals surface area contributed by atoms with Crippen molar-refractivity contribution in [2.24, 2.45) is 17.3 Å². The first-order valence-electron chi connectivity index (χ1n) is 7.05. The Kier molecular flexibility index (Phi) is 2.85. The maximum Gasteiger partial charge on any atom is 0.138 e. The molecule has 2 fully saturated rings. The molecule has 3 rings (SSSR count). The van der Waals surface area contributed by atoms with Gasteiger partial charge in [0, 0.05) is 13.0 Å². The SMILES string of the molecule is CCCn1ncnc1CC1(C#N)CC2CCC1C2. The van der Waals surface area contributed by atoms with Gasteiger partial charge in [0.25, 0.3) is 0 Å². The minimum Gasteiger partial charge on any atom is -0.250 e. The van der Waals surface area contributed by atoms with Gasteiger partial charge < -0.3 is 0 Å². The highest BCUT2D eigenvalue weighted by atomic mass is 15.3. The second kappa shape index (κ2) is 4.38. The molecule has 2 aliphatic carbocycles. The minimum absolute atomic E-state index is 0.151. The van der Waals surface area contributed by atoms with Crippen LogP contribution >= 0.6 is 0 Å². The highest BCUT2D eigenvalue weighted by molar-refractivity contribution is 5.15. The summed E-state index contributed by atoms with van der Waals surface area (Å²) in [7, 11) is 0. The Morgan fingerprint density at radius 2 is 2.44 bits per heavy atom. The van der Waals surface area contributed by atoms with E-state index in [0.717, 1.165) is 37.5 Å². The van der Waals surface area contributed by atoms with Gasteiger partial charge in [0.05, 0.1) is 11.5 Å². The third-order valence-electron chi connectivity index (χ3n) is 4.80. The van der Waals surface area contributed by atoms with E-state index in [1.807, 2.05) is 4.68 Å². The Morgan fingerprint density at radius 3 is 3.06 bits per heavy atom. The number of hydrogen-bond donors (Lipinski definition) is 0. The number of rotatable bonds is 4. The van der Waals surface area contributed by atoms with E-state index in [1.165, 1.54) is 19.3 Å². The molecule has 3 atom stereocenters. The number of fused-ring (bicyclic) bond motifs is 2. The largest absolute Gasteiger partial charge is 0.250 e. The molecule has 2 saturated carbocycles. The monoisotopic (exact) mass is 244 g/mol. The first kappa shape index (κ1) is 11.7. The maximum absolute atomic E-state index is 9.65. The minimum atomic E-state index is -0.151. The van der Waals surface area contributed by atoms with Crippen LogP contribution in [0.2, 0.25) is 0 Å². The molecule has 0 radical (unpaired) electrons. The summed E-state index contributed by atoms with van der Waals surface area (Å²) in [6.07, 6.45) is 8.38. The van der Waals surface area contributed by atoms with Gasteiger partial charge in [0.1, 0.15) is 12.2 Å². The number of nitrogens with zero attached hydrogens (tertiary/aromatic N) is 4. The van der Waals surface area contributed by atoms with E-state index < -0.39 is 0 Å². The summed E-state index contributed by atoms with van der Waals surface area (Å²) in [6, 6.07) is 2.64. The predicted octanol–water partition coefficient (Wildman–Crippen LogP) is 2.56. The van der Waals surface area contributed by atoms with Gasteiger partial charge in [0.2, 0.25) is 0 Å². The molecule has 0 spiro atoms. The molecular weight excluding hydrogens is 224 g/mol. The Bertz CT molecular complexity index is 472. The van der Waals surface area contributed by atoms with E-state index in [1.54, 1.807) is 6.33 Å². The van der Waals surface area contributed by atoms with Crippen LogP contribution in [0.1, 0.15) is 44.9 Å². The highest BCUT2D eigenvalue weighted by Crippen LogP contribution is 2.56. The normalized spacial score (nSPS) is 33.8. The molecule has 0 aromatic carbocycles. The summed E-state index contributed by atoms with van der Waals surface area (Å²) in [5.41, 5.74) is -0.151. The van der Waals surface area contributed by atoms with Gasteiger partial charge in [-0.15, -0.1) is 0 Å². The number of hydrogen-bond acceptors (Lipinski definition) is 3. The van der Waals surface area contributed by atoms with Crippen molar-refractivity contribution >= 4 is 0 Å². The topological polar surface area (TPSA) is 54.5 Å². The summed E-state index contributed by atoms with van der Waals surface area (Å²) in [5.74, 6) is 2.39. The first-order chi connectivity index (χ1) is 8.77. The van der Waals surface area contributed by atoms with E-state index in [9.17, 15) is 5.26 Å². The van der Waals surface area contributed by atoms with Crippen LogP contribution in [0.25, 0.3) is 0 Å². The van der Waals surface area contributed by atoms with Crippen molar-refractivity contribution in [1.82, 2.24) is 14.8 Å². The summed E-state index contributed by atoms with van der Waals surface area (Å²) < 4.78 is 1.98. The van der Waals surface area contributed by atoms with Crippen molar-refractivity contribution in [1.29, 1.82) is 5.26 Å². The van der Waals surface area contributed by atoms with Crippen LogP contribution in [-0.4, -0.2) is 14.8 Å². The Labute approximate surface area is 108 Å². The van der Waals surface area contributed by atoms with E-state index in [-0.39, 0.29) is 5.41 Å². The zero-order valence-electron chi connectivity index (χ0n) is 11.0. The molecule has 2 bridgehead atoms. The fraction of sp³-hybridized carbons (Fsp3) is 0.786. The molecule has 3 unspecified atom stereocenters. The zero-order chi connectivity index (χ0) is 12.6. The fourth-order valence-electron chi connectivity index (χ4n) is 3.94. The van der Waals surface area contributed by atoms with Gasteiger partial charge in [-0.1, -0.05) is 13.3 Å². The zero-order valence-corrected chi connectivity index (χ0v) is 11.0. The second-order valence-corrected chi connectivity index (χ2v) is 5.92. The number of aromatic nitrogens is 3. The fourth-order valence-corrected chi connectivity index (χ4v) is 3.94. The van der Waals surface area contributed by atoms with E-state index in [2.05, 4.69) is 23.1 Å². The van der Waals surface area contributed by atoms with Gasteiger partial charge in [0.15, 0.2) is 0 Å². The van der Waals surface area contributed by atoms with Gasteiger partial charge >= 0.3 is 0 Å². The molecule has 0 N–H and O–H groups in total. The van der Waals surface area contributed by atoms with Gasteiger partial charge in [-0.3, -0.25) is 4.68 Å². The molecule has 0 aliphatic heterocycles. The molecule has 96 valence electrons. The molecule has 2 aliphatic rings. The quantitative estimate of drug-likeness (QED) is 0.818. The molecule has 18 heavy (non-hydrogen) atoms. The van der Waals surface area contributed by atoms with Gasteiger partial charge in [-0.2, -0.15) is 10.4 Å². The lowest BCUT2D eigenvalue weighted by molar-refractivity contribution is 0.231. The lowest BCUT2D eigenvalue weighted by Gasteiger charge is -2.30. The Hall–Kier alpha value is -1.37. The first-order valence-corrected chi connectivity index (χ1v) is 7.05. The van der Waals surface area contributed by atoms with Crippen molar-refractivity contribution < 1.29 is 0 Å². The average molecular weight is 244 g/mol. The standard InChI is InChI=1S/C14H20N4/c1-2-5-18-13(16-10-17-18)8-14(9-15)7-11-3-4-12(14)6-11/h10-12H,2-8H2,1H3. The maximum atomic E-state index is 9.65. The predicted molar refractivity (Wildman–Crippen MR) is 67.5 cm³/mol.